The lowest BCUT2D eigenvalue weighted by molar-refractivity contribution is -0.143. The van der Waals surface area contributed by atoms with E-state index in [1.165, 1.54) is 24.9 Å². The van der Waals surface area contributed by atoms with Crippen LogP contribution in [0.1, 0.15) is 6.92 Å². The second-order valence-electron chi connectivity index (χ2n) is 3.24. The molecule has 0 radical (unpaired) electrons. The van der Waals surface area contributed by atoms with E-state index in [2.05, 4.69) is 14.7 Å². The largest absolute Gasteiger partial charge is 0.469 e. The molecule has 16 heavy (non-hydrogen) atoms. The van der Waals surface area contributed by atoms with Gasteiger partial charge in [-0.15, -0.1) is 0 Å². The van der Waals surface area contributed by atoms with Crippen molar-refractivity contribution in [3.05, 3.63) is 6.07 Å². The number of nitrogens with two attached hydrogens (primary N) is 2. The Hall–Kier alpha value is -1.50. The van der Waals surface area contributed by atoms with Crippen LogP contribution in [-0.2, 0) is 9.53 Å². The predicted octanol–water partition coefficient (Wildman–Crippen LogP) is 0.542. The Morgan fingerprint density at radius 3 is 2.56 bits per heavy atom. The van der Waals surface area contributed by atoms with Gasteiger partial charge in [0.25, 0.3) is 0 Å². The molecule has 0 saturated heterocycles. The minimum atomic E-state index is -0.260. The second-order valence-corrected chi connectivity index (χ2v) is 4.22. The topological polar surface area (TPSA) is 104 Å². The van der Waals surface area contributed by atoms with Crippen molar-refractivity contribution >= 4 is 29.4 Å². The van der Waals surface area contributed by atoms with Gasteiger partial charge >= 0.3 is 5.97 Å². The van der Waals surface area contributed by atoms with Crippen LogP contribution in [-0.4, -0.2) is 28.8 Å². The highest BCUT2D eigenvalue weighted by Crippen LogP contribution is 2.19. The average Bonchev–Trinajstić information content (AvgIpc) is 2.23. The summed E-state index contributed by atoms with van der Waals surface area (Å²) in [5.41, 5.74) is 11.0. The van der Waals surface area contributed by atoms with Crippen molar-refractivity contribution in [1.82, 2.24) is 9.97 Å². The van der Waals surface area contributed by atoms with Gasteiger partial charge in [0.15, 0.2) is 5.16 Å². The highest BCUT2D eigenvalue weighted by molar-refractivity contribution is 7.99. The van der Waals surface area contributed by atoms with Crippen LogP contribution in [0, 0.1) is 5.92 Å². The third-order valence-electron chi connectivity index (χ3n) is 1.81. The molecule has 0 aliphatic heterocycles. The minimum absolute atomic E-state index is 0.221. The van der Waals surface area contributed by atoms with Gasteiger partial charge in [0.05, 0.1) is 13.0 Å². The summed E-state index contributed by atoms with van der Waals surface area (Å²) in [5.74, 6) is 0.683. The molecular formula is C9H14N4O2S. The Morgan fingerprint density at radius 1 is 1.50 bits per heavy atom. The monoisotopic (exact) mass is 242 g/mol. The molecule has 1 rings (SSSR count). The second kappa shape index (κ2) is 5.55. The van der Waals surface area contributed by atoms with E-state index in [4.69, 9.17) is 11.5 Å². The van der Waals surface area contributed by atoms with Crippen molar-refractivity contribution in [1.29, 1.82) is 0 Å². The van der Waals surface area contributed by atoms with Gasteiger partial charge in [0, 0.05) is 11.8 Å². The fourth-order valence-corrected chi connectivity index (χ4v) is 1.87. The van der Waals surface area contributed by atoms with E-state index >= 15 is 0 Å². The van der Waals surface area contributed by atoms with E-state index in [1.807, 2.05) is 0 Å². The predicted molar refractivity (Wildman–Crippen MR) is 62.8 cm³/mol. The molecule has 0 saturated carbocycles. The maximum Gasteiger partial charge on any atom is 0.309 e. The first-order valence-corrected chi connectivity index (χ1v) is 5.62. The molecule has 1 atom stereocenters. The summed E-state index contributed by atoms with van der Waals surface area (Å²) in [7, 11) is 1.36. The number of thioether (sulfide) groups is 1. The molecule has 1 heterocycles. The smallest absolute Gasteiger partial charge is 0.309 e. The maximum absolute atomic E-state index is 11.1. The summed E-state index contributed by atoms with van der Waals surface area (Å²) in [6.45, 7) is 1.77. The van der Waals surface area contributed by atoms with Crippen LogP contribution >= 0.6 is 11.8 Å². The maximum atomic E-state index is 11.1. The Kier molecular flexibility index (Phi) is 4.36. The molecule has 0 fully saturated rings. The van der Waals surface area contributed by atoms with Crippen molar-refractivity contribution in [2.45, 2.75) is 12.1 Å². The third kappa shape index (κ3) is 3.58. The fourth-order valence-electron chi connectivity index (χ4n) is 0.995. The highest BCUT2D eigenvalue weighted by atomic mass is 32.2. The van der Waals surface area contributed by atoms with E-state index < -0.39 is 0 Å². The van der Waals surface area contributed by atoms with Gasteiger partial charge in [-0.05, 0) is 0 Å². The Morgan fingerprint density at radius 2 is 2.06 bits per heavy atom. The first kappa shape index (κ1) is 12.6. The van der Waals surface area contributed by atoms with Gasteiger partial charge in [-0.2, -0.15) is 0 Å². The van der Waals surface area contributed by atoms with Crippen LogP contribution in [0.25, 0.3) is 0 Å². The van der Waals surface area contributed by atoms with Crippen LogP contribution in [0.2, 0.25) is 0 Å². The summed E-state index contributed by atoms with van der Waals surface area (Å²) < 4.78 is 4.61. The SMILES string of the molecule is COC(=O)C(C)CSc1nc(N)cc(N)n1. The van der Waals surface area contributed by atoms with Crippen molar-refractivity contribution in [3.63, 3.8) is 0 Å². The number of nitrogens with zero attached hydrogens (tertiary/aromatic N) is 2. The number of nitrogen functional groups attached to an aromatic ring is 2. The number of anilines is 2. The van der Waals surface area contributed by atoms with Crippen LogP contribution in [0.15, 0.2) is 11.2 Å². The van der Waals surface area contributed by atoms with E-state index in [9.17, 15) is 4.79 Å². The number of hydrogen-bond acceptors (Lipinski definition) is 7. The summed E-state index contributed by atoms with van der Waals surface area (Å²) in [5, 5.41) is 0.466. The van der Waals surface area contributed by atoms with Crippen molar-refractivity contribution < 1.29 is 9.53 Å². The van der Waals surface area contributed by atoms with Crippen molar-refractivity contribution in [3.8, 4) is 0 Å². The lowest BCUT2D eigenvalue weighted by atomic mass is 10.2. The Bertz CT molecular complexity index is 366. The molecule has 0 aromatic carbocycles. The third-order valence-corrected chi connectivity index (χ3v) is 2.92. The lowest BCUT2D eigenvalue weighted by Crippen LogP contribution is -2.15. The Balaban J connectivity index is 2.57. The average molecular weight is 242 g/mol. The number of rotatable bonds is 4. The summed E-state index contributed by atoms with van der Waals surface area (Å²) in [6.07, 6.45) is 0. The summed E-state index contributed by atoms with van der Waals surface area (Å²) >= 11 is 1.32. The number of methoxy groups -OCH3 is 1. The van der Waals surface area contributed by atoms with Crippen molar-refractivity contribution in [2.24, 2.45) is 5.92 Å². The number of carbonyl (C=O) groups is 1. The minimum Gasteiger partial charge on any atom is -0.469 e. The molecule has 88 valence electrons. The zero-order valence-electron chi connectivity index (χ0n) is 9.14. The van der Waals surface area contributed by atoms with E-state index in [1.54, 1.807) is 6.92 Å². The number of hydrogen-bond donors (Lipinski definition) is 2. The molecule has 0 bridgehead atoms. The molecule has 1 aromatic heterocycles. The number of esters is 1. The molecule has 0 aliphatic rings. The molecule has 6 nitrogen and oxygen atoms in total. The van der Waals surface area contributed by atoms with E-state index in [0.29, 0.717) is 22.5 Å². The molecule has 7 heteroatoms. The summed E-state index contributed by atoms with van der Waals surface area (Å²) in [6, 6.07) is 1.48. The van der Waals surface area contributed by atoms with Gasteiger partial charge in [0.1, 0.15) is 11.6 Å². The molecule has 0 spiro atoms. The zero-order chi connectivity index (χ0) is 12.1. The van der Waals surface area contributed by atoms with Crippen LogP contribution in [0.4, 0.5) is 11.6 Å². The van der Waals surface area contributed by atoms with E-state index in [-0.39, 0.29) is 11.9 Å². The molecule has 4 N–H and O–H groups in total. The normalized spacial score (nSPS) is 12.1. The summed E-state index contributed by atoms with van der Waals surface area (Å²) in [4.78, 5) is 19.1. The van der Waals surface area contributed by atoms with Gasteiger partial charge in [-0.25, -0.2) is 9.97 Å². The Labute approximate surface area is 97.8 Å². The van der Waals surface area contributed by atoms with E-state index in [0.717, 1.165) is 0 Å². The first-order chi connectivity index (χ1) is 7.52. The zero-order valence-corrected chi connectivity index (χ0v) is 9.95. The van der Waals surface area contributed by atoms with Gasteiger partial charge < -0.3 is 16.2 Å². The van der Waals surface area contributed by atoms with Gasteiger partial charge in [-0.1, -0.05) is 18.7 Å². The number of ether oxygens (including phenoxy) is 1. The highest BCUT2D eigenvalue weighted by Gasteiger charge is 2.14. The molecular weight excluding hydrogens is 228 g/mol. The molecule has 0 aliphatic carbocycles. The number of aromatic nitrogens is 2. The first-order valence-electron chi connectivity index (χ1n) is 4.63. The molecule has 1 unspecified atom stereocenters. The quantitative estimate of drug-likeness (QED) is 0.451. The standard InChI is InChI=1S/C9H14N4O2S/c1-5(8(14)15-2)4-16-9-12-6(10)3-7(11)13-9/h3,5H,4H2,1-2H3,(H4,10,11,12,13). The van der Waals surface area contributed by atoms with Gasteiger partial charge in [0.2, 0.25) is 0 Å². The number of carbonyl (C=O) groups excluding carboxylic acids is 1. The van der Waals surface area contributed by atoms with Crippen molar-refractivity contribution in [2.75, 3.05) is 24.3 Å². The lowest BCUT2D eigenvalue weighted by Gasteiger charge is -2.07. The van der Waals surface area contributed by atoms with Crippen LogP contribution < -0.4 is 11.5 Å². The fraction of sp³-hybridized carbons (Fsp3) is 0.444. The molecule has 0 amide bonds. The van der Waals surface area contributed by atoms with Crippen LogP contribution in [0.3, 0.4) is 0 Å². The molecule has 1 aromatic rings. The van der Waals surface area contributed by atoms with Gasteiger partial charge in [-0.3, -0.25) is 4.79 Å². The van der Waals surface area contributed by atoms with Crippen LogP contribution in [0.5, 0.6) is 0 Å².